The average Bonchev–Trinajstić information content (AvgIpc) is 2.81. The third kappa shape index (κ3) is 5.53. The summed E-state index contributed by atoms with van der Waals surface area (Å²) in [4.78, 5) is 7.94. The molecule has 2 heterocycles. The highest BCUT2D eigenvalue weighted by Gasteiger charge is 2.22. The Morgan fingerprint density at radius 1 is 0.972 bits per heavy atom. The zero-order chi connectivity index (χ0) is 26.1. The van der Waals surface area contributed by atoms with Gasteiger partial charge in [-0.3, -0.25) is 9.71 Å². The van der Waals surface area contributed by atoms with Crippen LogP contribution in [0.5, 0.6) is 5.88 Å². The van der Waals surface area contributed by atoms with Crippen molar-refractivity contribution in [3.63, 3.8) is 0 Å². The second-order valence-corrected chi connectivity index (χ2v) is 15.5. The smallest absolute Gasteiger partial charge is 0.264 e. The van der Waals surface area contributed by atoms with Gasteiger partial charge in [0.2, 0.25) is 5.88 Å². The zero-order valence-electron chi connectivity index (χ0n) is 20.1. The van der Waals surface area contributed by atoms with Gasteiger partial charge >= 0.3 is 0 Å². The summed E-state index contributed by atoms with van der Waals surface area (Å²) in [6.45, 7) is 6.49. The number of methoxy groups -OCH3 is 1. The normalized spacial score (nSPS) is 11.6. The van der Waals surface area contributed by atoms with Crippen LogP contribution in [0.3, 0.4) is 0 Å². The molecule has 36 heavy (non-hydrogen) atoms. The summed E-state index contributed by atoms with van der Waals surface area (Å²) in [5, 5.41) is 0.854. The van der Waals surface area contributed by atoms with E-state index in [1.807, 2.05) is 24.3 Å². The van der Waals surface area contributed by atoms with E-state index in [1.54, 1.807) is 12.4 Å². The first-order valence-electron chi connectivity index (χ1n) is 10.9. The molecule has 6 nitrogen and oxygen atoms in total. The van der Waals surface area contributed by atoms with Crippen molar-refractivity contribution in [2.24, 2.45) is 0 Å². The molecule has 184 valence electrons. The summed E-state index contributed by atoms with van der Waals surface area (Å²) in [6.07, 6.45) is 3.26. The van der Waals surface area contributed by atoms with Gasteiger partial charge in [0, 0.05) is 35.0 Å². The summed E-state index contributed by atoms with van der Waals surface area (Å²) in [5.74, 6) is 1.18. The third-order valence-electron chi connectivity index (χ3n) is 5.12. The molecule has 0 aliphatic carbocycles. The fraction of sp³-hybridized carbons (Fsp3) is 0.154. The van der Waals surface area contributed by atoms with Gasteiger partial charge in [-0.15, -0.1) is 5.54 Å². The molecule has 10 heteroatoms. The molecule has 0 radical (unpaired) electrons. The Morgan fingerprint density at radius 2 is 1.75 bits per heavy atom. The summed E-state index contributed by atoms with van der Waals surface area (Å²) >= 11 is 0. The summed E-state index contributed by atoms with van der Waals surface area (Å²) < 4.78 is 60.6. The predicted octanol–water partition coefficient (Wildman–Crippen LogP) is 5.61. The minimum absolute atomic E-state index is 0.00348. The number of pyridine rings is 2. The lowest BCUT2D eigenvalue weighted by Crippen LogP contribution is -2.16. The van der Waals surface area contributed by atoms with Gasteiger partial charge in [-0.2, -0.15) is 0 Å². The number of nitrogens with one attached hydrogen (secondary N) is 1. The molecule has 1 N–H and O–H groups in total. The number of anilines is 1. The van der Waals surface area contributed by atoms with Crippen molar-refractivity contribution in [2.75, 3.05) is 11.8 Å². The van der Waals surface area contributed by atoms with E-state index in [4.69, 9.17) is 4.74 Å². The summed E-state index contributed by atoms with van der Waals surface area (Å²) in [6, 6.07) is 11.2. The van der Waals surface area contributed by atoms with E-state index in [0.29, 0.717) is 11.6 Å². The Labute approximate surface area is 209 Å². The van der Waals surface area contributed by atoms with Crippen LogP contribution >= 0.6 is 0 Å². The molecule has 2 aromatic carbocycles. The number of rotatable bonds is 5. The lowest BCUT2D eigenvalue weighted by Gasteiger charge is -2.13. The molecule has 0 aliphatic heterocycles. The minimum Gasteiger partial charge on any atom is -0.480 e. The SMILES string of the molecule is COc1ncc(-c2ccc3nccc(C#C[Si](C)(C)C)c3c2)cc1NS(=O)(=O)c1ccc(F)cc1F. The summed E-state index contributed by atoms with van der Waals surface area (Å²) in [5.41, 5.74) is 6.32. The number of ether oxygens (including phenoxy) is 1. The molecule has 4 rings (SSSR count). The maximum absolute atomic E-state index is 14.2. The van der Waals surface area contributed by atoms with Crippen molar-refractivity contribution in [2.45, 2.75) is 24.5 Å². The summed E-state index contributed by atoms with van der Waals surface area (Å²) in [7, 11) is -4.65. The molecule has 0 bridgehead atoms. The van der Waals surface area contributed by atoms with E-state index in [2.05, 4.69) is 45.8 Å². The molecule has 0 amide bonds. The highest BCUT2D eigenvalue weighted by atomic mass is 32.2. The second-order valence-electron chi connectivity index (χ2n) is 9.05. The van der Waals surface area contributed by atoms with Crippen molar-refractivity contribution in [3.05, 3.63) is 78.1 Å². The van der Waals surface area contributed by atoms with Crippen LogP contribution in [0.2, 0.25) is 19.6 Å². The van der Waals surface area contributed by atoms with Crippen LogP contribution in [-0.4, -0.2) is 33.6 Å². The number of benzene rings is 2. The van der Waals surface area contributed by atoms with Crippen LogP contribution in [0.25, 0.3) is 22.0 Å². The van der Waals surface area contributed by atoms with Crippen LogP contribution in [0.1, 0.15) is 5.56 Å². The molecule has 0 saturated heterocycles. The number of halogens is 2. The topological polar surface area (TPSA) is 81.2 Å². The quantitative estimate of drug-likeness (QED) is 0.272. The number of nitrogens with zero attached hydrogens (tertiary/aromatic N) is 2. The van der Waals surface area contributed by atoms with E-state index in [-0.39, 0.29) is 11.6 Å². The van der Waals surface area contributed by atoms with Gasteiger partial charge in [-0.1, -0.05) is 31.6 Å². The number of aromatic nitrogens is 2. The molecule has 0 spiro atoms. The molecular weight excluding hydrogens is 500 g/mol. The third-order valence-corrected chi connectivity index (χ3v) is 7.39. The van der Waals surface area contributed by atoms with Gasteiger partial charge in [0.25, 0.3) is 10.0 Å². The van der Waals surface area contributed by atoms with E-state index < -0.39 is 34.6 Å². The lowest BCUT2D eigenvalue weighted by molar-refractivity contribution is 0.400. The van der Waals surface area contributed by atoms with E-state index in [9.17, 15) is 17.2 Å². The molecule has 2 aromatic heterocycles. The molecule has 0 fully saturated rings. The van der Waals surface area contributed by atoms with E-state index in [0.717, 1.165) is 34.2 Å². The Balaban J connectivity index is 1.78. The van der Waals surface area contributed by atoms with Gasteiger partial charge in [0.15, 0.2) is 0 Å². The first kappa shape index (κ1) is 25.3. The van der Waals surface area contributed by atoms with Crippen LogP contribution in [-0.2, 0) is 10.0 Å². The maximum Gasteiger partial charge on any atom is 0.264 e. The van der Waals surface area contributed by atoms with Crippen LogP contribution in [0.4, 0.5) is 14.5 Å². The largest absolute Gasteiger partial charge is 0.480 e. The maximum atomic E-state index is 14.2. The van der Waals surface area contributed by atoms with Gasteiger partial charge in [-0.25, -0.2) is 22.2 Å². The van der Waals surface area contributed by atoms with Gasteiger partial charge in [0.05, 0.1) is 12.6 Å². The van der Waals surface area contributed by atoms with Crippen LogP contribution in [0, 0.1) is 23.1 Å². The molecule has 4 aromatic rings. The van der Waals surface area contributed by atoms with Crippen molar-refractivity contribution in [3.8, 4) is 28.5 Å². The minimum atomic E-state index is -4.39. The number of hydrogen-bond acceptors (Lipinski definition) is 5. The van der Waals surface area contributed by atoms with E-state index >= 15 is 0 Å². The van der Waals surface area contributed by atoms with Gasteiger partial charge in [-0.05, 0) is 42.0 Å². The highest BCUT2D eigenvalue weighted by Crippen LogP contribution is 2.32. The fourth-order valence-corrected chi connectivity index (χ4v) is 5.05. The van der Waals surface area contributed by atoms with Gasteiger partial charge in [0.1, 0.15) is 30.3 Å². The average molecular weight is 524 g/mol. The molecule has 0 atom stereocenters. The van der Waals surface area contributed by atoms with E-state index in [1.165, 1.54) is 13.2 Å². The van der Waals surface area contributed by atoms with Crippen molar-refractivity contribution >= 4 is 34.7 Å². The Hall–Kier alpha value is -3.81. The van der Waals surface area contributed by atoms with Crippen molar-refractivity contribution in [1.82, 2.24) is 9.97 Å². The monoisotopic (exact) mass is 523 g/mol. The highest BCUT2D eigenvalue weighted by molar-refractivity contribution is 7.92. The van der Waals surface area contributed by atoms with Crippen molar-refractivity contribution in [1.29, 1.82) is 0 Å². The van der Waals surface area contributed by atoms with Crippen LogP contribution < -0.4 is 9.46 Å². The number of fused-ring (bicyclic) bond motifs is 1. The first-order chi connectivity index (χ1) is 17.0. The predicted molar refractivity (Wildman–Crippen MR) is 139 cm³/mol. The Bertz CT molecular complexity index is 1640. The molecule has 0 aliphatic rings. The van der Waals surface area contributed by atoms with Gasteiger partial charge < -0.3 is 4.74 Å². The molecule has 0 saturated carbocycles. The second kappa shape index (κ2) is 9.68. The number of hydrogen-bond donors (Lipinski definition) is 1. The Kier molecular flexibility index (Phi) is 6.80. The fourth-order valence-electron chi connectivity index (χ4n) is 3.43. The zero-order valence-corrected chi connectivity index (χ0v) is 21.9. The molecular formula is C26H23F2N3O3SSi. The van der Waals surface area contributed by atoms with Crippen LogP contribution in [0.15, 0.2) is 65.8 Å². The number of sulfonamides is 1. The lowest BCUT2D eigenvalue weighted by atomic mass is 10.0. The standard InChI is InChI=1S/C26H23F2N3O3SSi/c1-34-26-24(31-35(32,33)25-8-6-20(27)15-22(25)28)14-19(16-30-26)18-5-7-23-21(13-18)17(9-11-29-23)10-12-36(2,3)4/h5-9,11,13-16,31H,1-4H3. The first-order valence-corrected chi connectivity index (χ1v) is 15.9. The van der Waals surface area contributed by atoms with Crippen molar-refractivity contribution < 1.29 is 21.9 Å². The molecule has 0 unspecified atom stereocenters. The Morgan fingerprint density at radius 3 is 2.44 bits per heavy atom.